The van der Waals surface area contributed by atoms with Crippen molar-refractivity contribution in [3.05, 3.63) is 0 Å². The Morgan fingerprint density at radius 2 is 1.71 bits per heavy atom. The van der Waals surface area contributed by atoms with Crippen LogP contribution in [0.25, 0.3) is 0 Å². The molecule has 0 heterocycles. The quantitative estimate of drug-likeness (QED) is 0.748. The average Bonchev–Trinajstić information content (AvgIpc) is 2.83. The Kier molecular flexibility index (Phi) is 5.34. The van der Waals surface area contributed by atoms with Gasteiger partial charge in [-0.25, -0.2) is 0 Å². The van der Waals surface area contributed by atoms with E-state index in [1.54, 1.807) is 0 Å². The van der Waals surface area contributed by atoms with Crippen molar-refractivity contribution in [2.75, 3.05) is 6.54 Å². The lowest BCUT2D eigenvalue weighted by atomic mass is 9.74. The van der Waals surface area contributed by atoms with Crippen molar-refractivity contribution in [1.82, 2.24) is 5.32 Å². The molecule has 2 saturated carbocycles. The smallest absolute Gasteiger partial charge is 0.0124 e. The number of hydrogen-bond donors (Lipinski definition) is 1. The number of hydrogen-bond acceptors (Lipinski definition) is 1. The minimum Gasteiger partial charge on any atom is -0.313 e. The van der Waals surface area contributed by atoms with E-state index in [4.69, 9.17) is 0 Å². The second-order valence-electron chi connectivity index (χ2n) is 6.56. The first-order chi connectivity index (χ1) is 8.31. The SMILES string of the molecule is CCCNC(C1CCCC1)C1CCCC(C)C1. The summed E-state index contributed by atoms with van der Waals surface area (Å²) in [7, 11) is 0. The van der Waals surface area contributed by atoms with E-state index < -0.39 is 0 Å². The van der Waals surface area contributed by atoms with Crippen molar-refractivity contribution in [1.29, 1.82) is 0 Å². The molecule has 1 heteroatoms. The molecule has 2 fully saturated rings. The monoisotopic (exact) mass is 237 g/mol. The predicted octanol–water partition coefficient (Wildman–Crippen LogP) is 4.37. The van der Waals surface area contributed by atoms with Crippen LogP contribution in [0.15, 0.2) is 0 Å². The van der Waals surface area contributed by atoms with Gasteiger partial charge in [-0.05, 0) is 56.4 Å². The van der Waals surface area contributed by atoms with E-state index in [9.17, 15) is 0 Å². The molecule has 2 aliphatic rings. The minimum atomic E-state index is 0.847. The Hall–Kier alpha value is -0.0400. The second-order valence-corrected chi connectivity index (χ2v) is 6.56. The lowest BCUT2D eigenvalue weighted by molar-refractivity contribution is 0.177. The first-order valence-electron chi connectivity index (χ1n) is 8.04. The van der Waals surface area contributed by atoms with Crippen molar-refractivity contribution in [2.24, 2.45) is 17.8 Å². The molecular weight excluding hydrogens is 206 g/mol. The summed E-state index contributed by atoms with van der Waals surface area (Å²) in [5, 5.41) is 3.90. The highest BCUT2D eigenvalue weighted by Gasteiger charge is 2.33. The highest BCUT2D eigenvalue weighted by molar-refractivity contribution is 4.88. The third-order valence-electron chi connectivity index (χ3n) is 5.02. The van der Waals surface area contributed by atoms with Crippen LogP contribution >= 0.6 is 0 Å². The molecule has 0 radical (unpaired) electrons. The summed E-state index contributed by atoms with van der Waals surface area (Å²) >= 11 is 0. The lowest BCUT2D eigenvalue weighted by Crippen LogP contribution is -2.43. The molecule has 17 heavy (non-hydrogen) atoms. The third kappa shape index (κ3) is 3.71. The summed E-state index contributed by atoms with van der Waals surface area (Å²) in [6, 6.07) is 0.847. The maximum atomic E-state index is 3.90. The molecule has 2 rings (SSSR count). The van der Waals surface area contributed by atoms with Crippen molar-refractivity contribution in [3.63, 3.8) is 0 Å². The Bertz CT molecular complexity index is 208. The lowest BCUT2D eigenvalue weighted by Gasteiger charge is -2.37. The zero-order chi connectivity index (χ0) is 12.1. The second kappa shape index (κ2) is 6.78. The van der Waals surface area contributed by atoms with Crippen molar-refractivity contribution in [3.8, 4) is 0 Å². The Morgan fingerprint density at radius 1 is 1.00 bits per heavy atom. The first kappa shape index (κ1) is 13.4. The van der Waals surface area contributed by atoms with Crippen molar-refractivity contribution >= 4 is 0 Å². The molecule has 0 saturated heterocycles. The van der Waals surface area contributed by atoms with Gasteiger partial charge < -0.3 is 5.32 Å². The maximum absolute atomic E-state index is 3.90. The van der Waals surface area contributed by atoms with Crippen LogP contribution in [-0.4, -0.2) is 12.6 Å². The molecule has 0 aromatic heterocycles. The van der Waals surface area contributed by atoms with Gasteiger partial charge in [0.05, 0.1) is 0 Å². The number of rotatable bonds is 5. The maximum Gasteiger partial charge on any atom is 0.0124 e. The summed E-state index contributed by atoms with van der Waals surface area (Å²) in [6.07, 6.45) is 13.2. The fourth-order valence-electron chi connectivity index (χ4n) is 4.15. The molecule has 0 amide bonds. The normalized spacial score (nSPS) is 32.8. The number of nitrogens with one attached hydrogen (secondary N) is 1. The molecule has 2 aliphatic carbocycles. The molecule has 1 nitrogen and oxygen atoms in total. The fraction of sp³-hybridized carbons (Fsp3) is 1.00. The van der Waals surface area contributed by atoms with Crippen LogP contribution in [0.5, 0.6) is 0 Å². The van der Waals surface area contributed by atoms with Gasteiger partial charge in [0.2, 0.25) is 0 Å². The Balaban J connectivity index is 1.92. The van der Waals surface area contributed by atoms with Crippen LogP contribution < -0.4 is 5.32 Å². The van der Waals surface area contributed by atoms with Crippen LogP contribution in [0.1, 0.15) is 71.6 Å². The van der Waals surface area contributed by atoms with E-state index in [0.717, 1.165) is 23.8 Å². The zero-order valence-corrected chi connectivity index (χ0v) is 11.9. The van der Waals surface area contributed by atoms with Gasteiger partial charge in [-0.1, -0.05) is 39.5 Å². The van der Waals surface area contributed by atoms with E-state index in [1.165, 1.54) is 64.3 Å². The van der Waals surface area contributed by atoms with E-state index >= 15 is 0 Å². The van der Waals surface area contributed by atoms with Crippen LogP contribution in [0.4, 0.5) is 0 Å². The summed E-state index contributed by atoms with van der Waals surface area (Å²) in [5.74, 6) is 2.95. The van der Waals surface area contributed by atoms with Crippen LogP contribution in [0, 0.1) is 17.8 Å². The summed E-state index contributed by atoms with van der Waals surface area (Å²) in [6.45, 7) is 5.98. The molecule has 0 aromatic rings. The molecule has 3 atom stereocenters. The minimum absolute atomic E-state index is 0.847. The molecule has 0 aromatic carbocycles. The standard InChI is InChI=1S/C16H31N/c1-3-11-17-16(14-8-4-5-9-14)15-10-6-7-13(2)12-15/h13-17H,3-12H2,1-2H3. The van der Waals surface area contributed by atoms with Crippen LogP contribution in [0.3, 0.4) is 0 Å². The highest BCUT2D eigenvalue weighted by Crippen LogP contribution is 2.38. The summed E-state index contributed by atoms with van der Waals surface area (Å²) in [5.41, 5.74) is 0. The topological polar surface area (TPSA) is 12.0 Å². The zero-order valence-electron chi connectivity index (χ0n) is 11.9. The van der Waals surface area contributed by atoms with E-state index in [-0.39, 0.29) is 0 Å². The average molecular weight is 237 g/mol. The van der Waals surface area contributed by atoms with E-state index in [1.807, 2.05) is 0 Å². The van der Waals surface area contributed by atoms with Crippen LogP contribution in [-0.2, 0) is 0 Å². The van der Waals surface area contributed by atoms with Crippen molar-refractivity contribution < 1.29 is 0 Å². The Morgan fingerprint density at radius 3 is 2.35 bits per heavy atom. The van der Waals surface area contributed by atoms with Crippen molar-refractivity contribution in [2.45, 2.75) is 77.7 Å². The summed E-state index contributed by atoms with van der Waals surface area (Å²) in [4.78, 5) is 0. The third-order valence-corrected chi connectivity index (χ3v) is 5.02. The molecule has 100 valence electrons. The molecule has 1 N–H and O–H groups in total. The fourth-order valence-corrected chi connectivity index (χ4v) is 4.15. The van der Waals surface area contributed by atoms with E-state index in [2.05, 4.69) is 19.2 Å². The van der Waals surface area contributed by atoms with Gasteiger partial charge in [0.25, 0.3) is 0 Å². The van der Waals surface area contributed by atoms with Gasteiger partial charge in [0.1, 0.15) is 0 Å². The molecule has 0 bridgehead atoms. The molecule has 0 aliphatic heterocycles. The molecular formula is C16H31N. The largest absolute Gasteiger partial charge is 0.313 e. The van der Waals surface area contributed by atoms with E-state index in [0.29, 0.717) is 0 Å². The van der Waals surface area contributed by atoms with Gasteiger partial charge in [-0.2, -0.15) is 0 Å². The molecule has 0 spiro atoms. The first-order valence-corrected chi connectivity index (χ1v) is 8.04. The van der Waals surface area contributed by atoms with Gasteiger partial charge in [0, 0.05) is 6.04 Å². The predicted molar refractivity (Wildman–Crippen MR) is 75.2 cm³/mol. The van der Waals surface area contributed by atoms with Gasteiger partial charge in [-0.15, -0.1) is 0 Å². The molecule has 3 unspecified atom stereocenters. The Labute approximate surface area is 108 Å². The van der Waals surface area contributed by atoms with Gasteiger partial charge in [0.15, 0.2) is 0 Å². The summed E-state index contributed by atoms with van der Waals surface area (Å²) < 4.78 is 0. The van der Waals surface area contributed by atoms with Crippen LogP contribution in [0.2, 0.25) is 0 Å². The van der Waals surface area contributed by atoms with Gasteiger partial charge >= 0.3 is 0 Å². The van der Waals surface area contributed by atoms with Gasteiger partial charge in [-0.3, -0.25) is 0 Å². The highest BCUT2D eigenvalue weighted by atomic mass is 14.9.